The first-order valence-electron chi connectivity index (χ1n) is 5.88. The third-order valence-corrected chi connectivity index (χ3v) is 3.36. The molecule has 4 nitrogen and oxygen atoms in total. The molecule has 1 aliphatic carbocycles. The fourth-order valence-electron chi connectivity index (χ4n) is 2.46. The Morgan fingerprint density at radius 2 is 2.33 bits per heavy atom. The molecule has 1 saturated carbocycles. The van der Waals surface area contributed by atoms with Gasteiger partial charge in [-0.2, -0.15) is 4.98 Å². The lowest BCUT2D eigenvalue weighted by atomic mass is 9.83. The molecule has 2 atom stereocenters. The standard InChI is InChI=1S/C11H19N3O/c1-2-9-5-3-4-6-10(9)12-7-11-13-8-15-14-11/h8-10,12H,2-7H2,1H3. The van der Waals surface area contributed by atoms with Crippen molar-refractivity contribution in [2.24, 2.45) is 5.92 Å². The van der Waals surface area contributed by atoms with Gasteiger partial charge < -0.3 is 9.84 Å². The highest BCUT2D eigenvalue weighted by atomic mass is 16.5. The Bertz CT molecular complexity index is 273. The zero-order chi connectivity index (χ0) is 10.5. The molecule has 0 aliphatic heterocycles. The summed E-state index contributed by atoms with van der Waals surface area (Å²) in [5, 5.41) is 7.34. The molecule has 1 fully saturated rings. The minimum atomic E-state index is 0.641. The van der Waals surface area contributed by atoms with E-state index in [2.05, 4.69) is 22.4 Å². The van der Waals surface area contributed by atoms with Crippen LogP contribution < -0.4 is 5.32 Å². The Hall–Kier alpha value is -0.900. The van der Waals surface area contributed by atoms with Gasteiger partial charge in [-0.05, 0) is 18.8 Å². The first-order valence-corrected chi connectivity index (χ1v) is 5.88. The third kappa shape index (κ3) is 2.78. The van der Waals surface area contributed by atoms with Gasteiger partial charge in [0.25, 0.3) is 0 Å². The predicted molar refractivity (Wildman–Crippen MR) is 57.2 cm³/mol. The van der Waals surface area contributed by atoms with Crippen LogP contribution in [0.5, 0.6) is 0 Å². The second kappa shape index (κ2) is 5.26. The number of hydrogen-bond acceptors (Lipinski definition) is 4. The summed E-state index contributed by atoms with van der Waals surface area (Å²) in [7, 11) is 0. The highest BCUT2D eigenvalue weighted by molar-refractivity contribution is 4.84. The summed E-state index contributed by atoms with van der Waals surface area (Å²) < 4.78 is 4.71. The fraction of sp³-hybridized carbons (Fsp3) is 0.818. The van der Waals surface area contributed by atoms with Crippen LogP contribution in [0.1, 0.15) is 44.9 Å². The Morgan fingerprint density at radius 3 is 3.07 bits per heavy atom. The van der Waals surface area contributed by atoms with E-state index in [0.29, 0.717) is 6.04 Å². The van der Waals surface area contributed by atoms with E-state index in [1.54, 1.807) is 0 Å². The molecule has 0 aromatic carbocycles. The molecule has 0 spiro atoms. The van der Waals surface area contributed by atoms with E-state index in [1.165, 1.54) is 38.5 Å². The van der Waals surface area contributed by atoms with Crippen LogP contribution in [0.2, 0.25) is 0 Å². The van der Waals surface area contributed by atoms with Gasteiger partial charge in [-0.1, -0.05) is 31.3 Å². The molecule has 0 amide bonds. The molecule has 84 valence electrons. The van der Waals surface area contributed by atoms with Crippen LogP contribution in [-0.4, -0.2) is 16.2 Å². The van der Waals surface area contributed by atoms with Crippen LogP contribution in [0.4, 0.5) is 0 Å². The molecular formula is C11H19N3O. The number of nitrogens with one attached hydrogen (secondary N) is 1. The Kier molecular flexibility index (Phi) is 3.72. The van der Waals surface area contributed by atoms with E-state index >= 15 is 0 Å². The van der Waals surface area contributed by atoms with Crippen molar-refractivity contribution in [2.45, 2.75) is 51.6 Å². The van der Waals surface area contributed by atoms with E-state index < -0.39 is 0 Å². The van der Waals surface area contributed by atoms with Crippen LogP contribution in [0.3, 0.4) is 0 Å². The SMILES string of the molecule is CCC1CCCCC1NCc1ncon1. The maximum Gasteiger partial charge on any atom is 0.213 e. The Morgan fingerprint density at radius 1 is 1.47 bits per heavy atom. The van der Waals surface area contributed by atoms with E-state index in [9.17, 15) is 0 Å². The lowest BCUT2D eigenvalue weighted by molar-refractivity contribution is 0.252. The minimum Gasteiger partial charge on any atom is -0.343 e. The topological polar surface area (TPSA) is 51.0 Å². The normalized spacial score (nSPS) is 26.7. The average molecular weight is 209 g/mol. The second-order valence-corrected chi connectivity index (χ2v) is 4.29. The van der Waals surface area contributed by atoms with Crippen LogP contribution in [-0.2, 0) is 6.54 Å². The van der Waals surface area contributed by atoms with Gasteiger partial charge in [0.15, 0.2) is 5.82 Å². The molecule has 2 unspecified atom stereocenters. The van der Waals surface area contributed by atoms with Crippen molar-refractivity contribution in [2.75, 3.05) is 0 Å². The van der Waals surface area contributed by atoms with Gasteiger partial charge >= 0.3 is 0 Å². The van der Waals surface area contributed by atoms with Crippen molar-refractivity contribution in [3.8, 4) is 0 Å². The van der Waals surface area contributed by atoms with Crippen molar-refractivity contribution in [1.29, 1.82) is 0 Å². The predicted octanol–water partition coefficient (Wildman–Crippen LogP) is 2.13. The average Bonchev–Trinajstić information content (AvgIpc) is 2.79. The van der Waals surface area contributed by atoms with Crippen LogP contribution in [0.25, 0.3) is 0 Å². The zero-order valence-electron chi connectivity index (χ0n) is 9.28. The Labute approximate surface area is 90.4 Å². The largest absolute Gasteiger partial charge is 0.343 e. The summed E-state index contributed by atoms with van der Waals surface area (Å²) in [6.07, 6.45) is 8.04. The van der Waals surface area contributed by atoms with Crippen LogP contribution in [0, 0.1) is 5.92 Å². The molecule has 1 heterocycles. The van der Waals surface area contributed by atoms with Crippen molar-refractivity contribution >= 4 is 0 Å². The van der Waals surface area contributed by atoms with E-state index in [4.69, 9.17) is 4.52 Å². The molecule has 2 rings (SSSR count). The van der Waals surface area contributed by atoms with E-state index in [0.717, 1.165) is 18.3 Å². The number of aromatic nitrogens is 2. The molecule has 1 N–H and O–H groups in total. The van der Waals surface area contributed by atoms with Gasteiger partial charge in [-0.3, -0.25) is 0 Å². The lowest BCUT2D eigenvalue weighted by Crippen LogP contribution is -2.38. The van der Waals surface area contributed by atoms with E-state index in [-0.39, 0.29) is 0 Å². The van der Waals surface area contributed by atoms with Crippen LogP contribution >= 0.6 is 0 Å². The summed E-state index contributed by atoms with van der Waals surface area (Å²) in [5.74, 6) is 1.58. The van der Waals surface area contributed by atoms with Gasteiger partial charge in [-0.15, -0.1) is 0 Å². The van der Waals surface area contributed by atoms with Crippen LogP contribution in [0.15, 0.2) is 10.9 Å². The van der Waals surface area contributed by atoms with Crippen molar-refractivity contribution < 1.29 is 4.52 Å². The third-order valence-electron chi connectivity index (χ3n) is 3.36. The summed E-state index contributed by atoms with van der Waals surface area (Å²) in [6, 6.07) is 0.641. The van der Waals surface area contributed by atoms with Gasteiger partial charge in [0.05, 0.1) is 6.54 Å². The maximum atomic E-state index is 4.71. The number of hydrogen-bond donors (Lipinski definition) is 1. The zero-order valence-corrected chi connectivity index (χ0v) is 9.28. The summed E-state index contributed by atoms with van der Waals surface area (Å²) >= 11 is 0. The second-order valence-electron chi connectivity index (χ2n) is 4.29. The quantitative estimate of drug-likeness (QED) is 0.825. The molecule has 15 heavy (non-hydrogen) atoms. The number of rotatable bonds is 4. The number of nitrogens with zero attached hydrogens (tertiary/aromatic N) is 2. The van der Waals surface area contributed by atoms with Crippen molar-refractivity contribution in [3.05, 3.63) is 12.2 Å². The Balaban J connectivity index is 1.81. The highest BCUT2D eigenvalue weighted by Crippen LogP contribution is 2.26. The highest BCUT2D eigenvalue weighted by Gasteiger charge is 2.23. The molecule has 1 aromatic rings. The molecule has 1 aliphatic rings. The summed E-state index contributed by atoms with van der Waals surface area (Å²) in [5.41, 5.74) is 0. The monoisotopic (exact) mass is 209 g/mol. The van der Waals surface area contributed by atoms with Gasteiger partial charge in [0.2, 0.25) is 6.39 Å². The van der Waals surface area contributed by atoms with Gasteiger partial charge in [0, 0.05) is 6.04 Å². The van der Waals surface area contributed by atoms with Crippen molar-refractivity contribution in [3.63, 3.8) is 0 Å². The summed E-state index contributed by atoms with van der Waals surface area (Å²) in [6.45, 7) is 3.01. The molecule has 0 radical (unpaired) electrons. The minimum absolute atomic E-state index is 0.641. The fourth-order valence-corrected chi connectivity index (χ4v) is 2.46. The molecular weight excluding hydrogens is 190 g/mol. The van der Waals surface area contributed by atoms with Gasteiger partial charge in [0.1, 0.15) is 0 Å². The maximum absolute atomic E-state index is 4.71. The molecule has 0 saturated heterocycles. The molecule has 1 aromatic heterocycles. The van der Waals surface area contributed by atoms with Gasteiger partial charge in [-0.25, -0.2) is 0 Å². The molecule has 0 bridgehead atoms. The lowest BCUT2D eigenvalue weighted by Gasteiger charge is -2.31. The smallest absolute Gasteiger partial charge is 0.213 e. The first kappa shape index (κ1) is 10.6. The van der Waals surface area contributed by atoms with E-state index in [1.807, 2.05) is 0 Å². The first-order chi connectivity index (χ1) is 7.40. The van der Waals surface area contributed by atoms with Crippen molar-refractivity contribution in [1.82, 2.24) is 15.5 Å². The summed E-state index contributed by atoms with van der Waals surface area (Å²) in [4.78, 5) is 4.01. The molecule has 4 heteroatoms.